The average molecular weight is 255 g/mol. The van der Waals surface area contributed by atoms with Gasteiger partial charge in [-0.3, -0.25) is 4.98 Å². The van der Waals surface area contributed by atoms with Crippen LogP contribution in [0.4, 0.5) is 0 Å². The van der Waals surface area contributed by atoms with E-state index in [4.69, 9.17) is 0 Å². The van der Waals surface area contributed by atoms with Crippen LogP contribution in [-0.2, 0) is 5.60 Å². The molecule has 3 rings (SSSR count). The Bertz CT molecular complexity index is 589. The third kappa shape index (κ3) is 2.04. The molecule has 2 heteroatoms. The minimum Gasteiger partial charge on any atom is -0.385 e. The number of pyridine rings is 1. The van der Waals surface area contributed by atoms with Gasteiger partial charge in [0.1, 0.15) is 0 Å². The van der Waals surface area contributed by atoms with Crippen molar-refractivity contribution in [3.8, 4) is 0 Å². The standard InChI is InChI=1S/C17H21NO/c1-12-8-9-17(19,13(2)11-12)15-6-3-7-16-14(15)5-4-10-18-16/h3-7,10,12-13,19H,8-9,11H2,1-2H3. The summed E-state index contributed by atoms with van der Waals surface area (Å²) >= 11 is 0. The molecule has 0 amide bonds. The molecule has 0 radical (unpaired) electrons. The minimum absolute atomic E-state index is 0.294. The minimum atomic E-state index is -0.699. The molecule has 19 heavy (non-hydrogen) atoms. The van der Waals surface area contributed by atoms with Crippen LogP contribution in [0.3, 0.4) is 0 Å². The highest BCUT2D eigenvalue weighted by molar-refractivity contribution is 5.82. The first-order valence-electron chi connectivity index (χ1n) is 7.18. The molecule has 1 N–H and O–H groups in total. The summed E-state index contributed by atoms with van der Waals surface area (Å²) in [5.41, 5.74) is 1.33. The van der Waals surface area contributed by atoms with E-state index >= 15 is 0 Å². The van der Waals surface area contributed by atoms with Crippen molar-refractivity contribution in [2.45, 2.75) is 38.7 Å². The summed E-state index contributed by atoms with van der Waals surface area (Å²) in [6.07, 6.45) is 4.84. The highest BCUT2D eigenvalue weighted by Crippen LogP contribution is 2.45. The molecule has 1 heterocycles. The van der Waals surface area contributed by atoms with Gasteiger partial charge in [0.2, 0.25) is 0 Å². The maximum absolute atomic E-state index is 11.2. The summed E-state index contributed by atoms with van der Waals surface area (Å²) in [7, 11) is 0. The number of rotatable bonds is 1. The van der Waals surface area contributed by atoms with E-state index in [1.54, 1.807) is 0 Å². The van der Waals surface area contributed by atoms with Crippen LogP contribution in [-0.4, -0.2) is 10.1 Å². The Balaban J connectivity index is 2.13. The summed E-state index contributed by atoms with van der Waals surface area (Å²) in [5, 5.41) is 12.3. The molecule has 1 aromatic heterocycles. The second-order valence-corrected chi connectivity index (χ2v) is 6.08. The number of aliphatic hydroxyl groups is 1. The van der Waals surface area contributed by atoms with E-state index < -0.39 is 5.60 Å². The lowest BCUT2D eigenvalue weighted by Crippen LogP contribution is -2.38. The van der Waals surface area contributed by atoms with E-state index in [1.165, 1.54) is 0 Å². The summed E-state index contributed by atoms with van der Waals surface area (Å²) in [6.45, 7) is 4.45. The molecular weight excluding hydrogens is 234 g/mol. The normalized spacial score (nSPS) is 31.5. The summed E-state index contributed by atoms with van der Waals surface area (Å²) in [5.74, 6) is 1.01. The van der Waals surface area contributed by atoms with Crippen LogP contribution in [0.5, 0.6) is 0 Å². The van der Waals surface area contributed by atoms with Gasteiger partial charge in [0.15, 0.2) is 0 Å². The summed E-state index contributed by atoms with van der Waals surface area (Å²) in [6, 6.07) is 10.1. The fourth-order valence-corrected chi connectivity index (χ4v) is 3.51. The van der Waals surface area contributed by atoms with Crippen LogP contribution in [0.25, 0.3) is 10.9 Å². The predicted molar refractivity (Wildman–Crippen MR) is 77.8 cm³/mol. The number of benzene rings is 1. The van der Waals surface area contributed by atoms with Crippen molar-refractivity contribution in [2.24, 2.45) is 11.8 Å². The number of hydrogen-bond acceptors (Lipinski definition) is 2. The molecule has 0 saturated heterocycles. The van der Waals surface area contributed by atoms with Crippen LogP contribution in [0.1, 0.15) is 38.7 Å². The molecule has 0 spiro atoms. The van der Waals surface area contributed by atoms with E-state index in [0.717, 1.165) is 35.7 Å². The third-order valence-corrected chi connectivity index (χ3v) is 4.70. The van der Waals surface area contributed by atoms with Gasteiger partial charge in [-0.2, -0.15) is 0 Å². The SMILES string of the molecule is CC1CCC(O)(c2cccc3ncccc23)C(C)C1. The Hall–Kier alpha value is -1.41. The van der Waals surface area contributed by atoms with Crippen molar-refractivity contribution in [3.63, 3.8) is 0 Å². The van der Waals surface area contributed by atoms with Gasteiger partial charge in [-0.15, -0.1) is 0 Å². The Morgan fingerprint density at radius 1 is 1.21 bits per heavy atom. The molecule has 1 saturated carbocycles. The zero-order valence-corrected chi connectivity index (χ0v) is 11.6. The third-order valence-electron chi connectivity index (χ3n) is 4.70. The van der Waals surface area contributed by atoms with Crippen molar-refractivity contribution in [3.05, 3.63) is 42.1 Å². The maximum atomic E-state index is 11.2. The number of aromatic nitrogens is 1. The number of hydrogen-bond donors (Lipinski definition) is 1. The van der Waals surface area contributed by atoms with Gasteiger partial charge in [0, 0.05) is 11.6 Å². The van der Waals surface area contributed by atoms with Gasteiger partial charge < -0.3 is 5.11 Å². The Labute approximate surface area is 114 Å². The Morgan fingerprint density at radius 2 is 2.05 bits per heavy atom. The Morgan fingerprint density at radius 3 is 2.84 bits per heavy atom. The first kappa shape index (κ1) is 12.6. The first-order chi connectivity index (χ1) is 9.11. The van der Waals surface area contributed by atoms with Crippen LogP contribution < -0.4 is 0 Å². The van der Waals surface area contributed by atoms with Crippen molar-refractivity contribution < 1.29 is 5.11 Å². The molecule has 2 aromatic rings. The average Bonchev–Trinajstić information content (AvgIpc) is 2.43. The molecule has 3 atom stereocenters. The quantitative estimate of drug-likeness (QED) is 0.839. The summed E-state index contributed by atoms with van der Waals surface area (Å²) < 4.78 is 0. The van der Waals surface area contributed by atoms with Crippen molar-refractivity contribution >= 4 is 10.9 Å². The first-order valence-corrected chi connectivity index (χ1v) is 7.18. The smallest absolute Gasteiger partial charge is 0.0928 e. The zero-order valence-electron chi connectivity index (χ0n) is 11.6. The largest absolute Gasteiger partial charge is 0.385 e. The molecule has 100 valence electrons. The van der Waals surface area contributed by atoms with Gasteiger partial charge in [-0.05, 0) is 48.8 Å². The fourth-order valence-electron chi connectivity index (χ4n) is 3.51. The topological polar surface area (TPSA) is 33.1 Å². The molecule has 0 bridgehead atoms. The number of nitrogens with zero attached hydrogens (tertiary/aromatic N) is 1. The van der Waals surface area contributed by atoms with Gasteiger partial charge in [-0.1, -0.05) is 32.0 Å². The number of fused-ring (bicyclic) bond motifs is 1. The van der Waals surface area contributed by atoms with Crippen molar-refractivity contribution in [2.75, 3.05) is 0 Å². The van der Waals surface area contributed by atoms with Gasteiger partial charge in [0.25, 0.3) is 0 Å². The molecule has 3 unspecified atom stereocenters. The van der Waals surface area contributed by atoms with Gasteiger partial charge in [-0.25, -0.2) is 0 Å². The van der Waals surface area contributed by atoms with E-state index in [-0.39, 0.29) is 0 Å². The second-order valence-electron chi connectivity index (χ2n) is 6.08. The molecule has 0 aliphatic heterocycles. The highest BCUT2D eigenvalue weighted by atomic mass is 16.3. The van der Waals surface area contributed by atoms with E-state index in [9.17, 15) is 5.11 Å². The van der Waals surface area contributed by atoms with Gasteiger partial charge in [0.05, 0.1) is 11.1 Å². The van der Waals surface area contributed by atoms with E-state index in [0.29, 0.717) is 11.8 Å². The molecular formula is C17H21NO. The highest BCUT2D eigenvalue weighted by Gasteiger charge is 2.40. The van der Waals surface area contributed by atoms with Gasteiger partial charge >= 0.3 is 0 Å². The van der Waals surface area contributed by atoms with Crippen LogP contribution in [0.15, 0.2) is 36.5 Å². The summed E-state index contributed by atoms with van der Waals surface area (Å²) in [4.78, 5) is 4.40. The molecule has 1 fully saturated rings. The Kier molecular flexibility index (Phi) is 3.06. The van der Waals surface area contributed by atoms with Crippen LogP contribution in [0, 0.1) is 11.8 Å². The van der Waals surface area contributed by atoms with Crippen molar-refractivity contribution in [1.29, 1.82) is 0 Å². The zero-order chi connectivity index (χ0) is 13.5. The molecule has 1 aliphatic rings. The molecule has 1 aliphatic carbocycles. The molecule has 1 aromatic carbocycles. The maximum Gasteiger partial charge on any atom is 0.0928 e. The monoisotopic (exact) mass is 255 g/mol. The lowest BCUT2D eigenvalue weighted by atomic mass is 9.68. The van der Waals surface area contributed by atoms with E-state index in [1.807, 2.05) is 24.4 Å². The lowest BCUT2D eigenvalue weighted by molar-refractivity contribution is -0.0575. The second kappa shape index (κ2) is 4.61. The molecule has 2 nitrogen and oxygen atoms in total. The fraction of sp³-hybridized carbons (Fsp3) is 0.471. The predicted octanol–water partition coefficient (Wildman–Crippen LogP) is 3.88. The van der Waals surface area contributed by atoms with Crippen molar-refractivity contribution in [1.82, 2.24) is 4.98 Å². The van der Waals surface area contributed by atoms with E-state index in [2.05, 4.69) is 31.0 Å². The lowest BCUT2D eigenvalue weighted by Gasteiger charge is -2.41. The van der Waals surface area contributed by atoms with Crippen LogP contribution in [0.2, 0.25) is 0 Å². The van der Waals surface area contributed by atoms with Crippen LogP contribution >= 0.6 is 0 Å².